The van der Waals surface area contributed by atoms with Gasteiger partial charge in [-0.3, -0.25) is 10.1 Å². The highest BCUT2D eigenvalue weighted by Gasteiger charge is 2.11. The van der Waals surface area contributed by atoms with Gasteiger partial charge in [-0.25, -0.2) is 0 Å². The zero-order valence-corrected chi connectivity index (χ0v) is 11.1. The molecule has 0 fully saturated rings. The van der Waals surface area contributed by atoms with E-state index < -0.39 is 0 Å². The summed E-state index contributed by atoms with van der Waals surface area (Å²) in [6.07, 6.45) is 1.82. The van der Waals surface area contributed by atoms with E-state index in [1.165, 1.54) is 6.07 Å². The van der Waals surface area contributed by atoms with E-state index in [9.17, 15) is 10.1 Å². The van der Waals surface area contributed by atoms with Crippen LogP contribution in [-0.2, 0) is 7.05 Å². The summed E-state index contributed by atoms with van der Waals surface area (Å²) in [4.78, 5) is 10.3. The summed E-state index contributed by atoms with van der Waals surface area (Å²) in [5.74, 6) is 0. The van der Waals surface area contributed by atoms with Crippen molar-refractivity contribution in [2.24, 2.45) is 7.05 Å². The molecule has 0 N–H and O–H groups in total. The first-order valence-electron chi connectivity index (χ1n) is 5.88. The van der Waals surface area contributed by atoms with Crippen LogP contribution in [0.15, 0.2) is 30.5 Å². The molecule has 0 unspecified atom stereocenters. The standard InChI is InChI=1S/C9H8N2O2.2C2H6/c1-10-6-5-7-8(10)3-2-4-9(7)11(12)13;2*1-2/h2-6H,1H3;2*1-2H3. The number of aryl methyl sites for hydroxylation is 1. The van der Waals surface area contributed by atoms with Gasteiger partial charge in [0.25, 0.3) is 5.69 Å². The van der Waals surface area contributed by atoms with Crippen molar-refractivity contribution < 1.29 is 4.92 Å². The van der Waals surface area contributed by atoms with Gasteiger partial charge in [0.2, 0.25) is 0 Å². The Morgan fingerprint density at radius 3 is 2.24 bits per heavy atom. The molecular formula is C13H20N2O2. The van der Waals surface area contributed by atoms with Crippen LogP contribution in [-0.4, -0.2) is 9.49 Å². The van der Waals surface area contributed by atoms with Gasteiger partial charge in [0, 0.05) is 19.3 Å². The van der Waals surface area contributed by atoms with Crippen LogP contribution in [0.1, 0.15) is 27.7 Å². The van der Waals surface area contributed by atoms with Crippen molar-refractivity contribution >= 4 is 16.6 Å². The Kier molecular flexibility index (Phi) is 6.63. The Hall–Kier alpha value is -1.84. The van der Waals surface area contributed by atoms with Gasteiger partial charge in [0.05, 0.1) is 15.8 Å². The first-order chi connectivity index (χ1) is 8.20. The third-order valence-corrected chi connectivity index (χ3v) is 2.10. The second-order valence-corrected chi connectivity index (χ2v) is 2.89. The van der Waals surface area contributed by atoms with E-state index in [1.54, 1.807) is 12.1 Å². The van der Waals surface area contributed by atoms with Gasteiger partial charge in [0.1, 0.15) is 0 Å². The van der Waals surface area contributed by atoms with E-state index in [1.807, 2.05) is 51.6 Å². The molecule has 4 heteroatoms. The van der Waals surface area contributed by atoms with Crippen LogP contribution < -0.4 is 0 Å². The van der Waals surface area contributed by atoms with Crippen molar-refractivity contribution in [2.45, 2.75) is 27.7 Å². The Labute approximate surface area is 102 Å². The summed E-state index contributed by atoms with van der Waals surface area (Å²) in [5, 5.41) is 11.3. The summed E-state index contributed by atoms with van der Waals surface area (Å²) in [6, 6.07) is 6.83. The first-order valence-corrected chi connectivity index (χ1v) is 5.88. The summed E-state index contributed by atoms with van der Waals surface area (Å²) in [6.45, 7) is 8.00. The fourth-order valence-corrected chi connectivity index (χ4v) is 1.45. The van der Waals surface area contributed by atoms with Crippen molar-refractivity contribution in [3.63, 3.8) is 0 Å². The number of nitro benzene ring substituents is 1. The minimum atomic E-state index is -0.359. The number of non-ortho nitro benzene ring substituents is 1. The minimum Gasteiger partial charge on any atom is -0.350 e. The van der Waals surface area contributed by atoms with Gasteiger partial charge >= 0.3 is 0 Å². The molecule has 1 aromatic heterocycles. The lowest BCUT2D eigenvalue weighted by atomic mass is 10.2. The predicted octanol–water partition coefficient (Wildman–Crippen LogP) is 4.14. The fraction of sp³-hybridized carbons (Fsp3) is 0.385. The monoisotopic (exact) mass is 236 g/mol. The molecule has 17 heavy (non-hydrogen) atoms. The number of hydrogen-bond donors (Lipinski definition) is 0. The first kappa shape index (κ1) is 15.2. The van der Waals surface area contributed by atoms with Gasteiger partial charge in [-0.15, -0.1) is 0 Å². The Morgan fingerprint density at radius 2 is 1.71 bits per heavy atom. The van der Waals surface area contributed by atoms with Crippen LogP contribution in [0.3, 0.4) is 0 Å². The molecule has 2 rings (SSSR count). The molecule has 0 amide bonds. The van der Waals surface area contributed by atoms with E-state index in [-0.39, 0.29) is 10.6 Å². The maximum atomic E-state index is 10.6. The van der Waals surface area contributed by atoms with E-state index in [0.29, 0.717) is 5.39 Å². The second-order valence-electron chi connectivity index (χ2n) is 2.89. The number of nitro groups is 1. The highest BCUT2D eigenvalue weighted by Crippen LogP contribution is 2.25. The largest absolute Gasteiger partial charge is 0.350 e. The lowest BCUT2D eigenvalue weighted by Crippen LogP contribution is -1.89. The highest BCUT2D eigenvalue weighted by atomic mass is 16.6. The van der Waals surface area contributed by atoms with E-state index in [2.05, 4.69) is 0 Å². The summed E-state index contributed by atoms with van der Waals surface area (Å²) in [7, 11) is 1.87. The number of fused-ring (bicyclic) bond motifs is 1. The average Bonchev–Trinajstić information content (AvgIpc) is 2.76. The molecule has 94 valence electrons. The molecular weight excluding hydrogens is 216 g/mol. The molecule has 1 aromatic carbocycles. The molecule has 0 aliphatic rings. The Morgan fingerprint density at radius 1 is 1.12 bits per heavy atom. The average molecular weight is 236 g/mol. The third-order valence-electron chi connectivity index (χ3n) is 2.10. The molecule has 0 aliphatic heterocycles. The summed E-state index contributed by atoms with van der Waals surface area (Å²) < 4.78 is 1.86. The molecule has 2 aromatic rings. The van der Waals surface area contributed by atoms with E-state index in [0.717, 1.165) is 5.52 Å². The lowest BCUT2D eigenvalue weighted by molar-refractivity contribution is -0.383. The lowest BCUT2D eigenvalue weighted by Gasteiger charge is -1.95. The Bertz CT molecular complexity index is 475. The quantitative estimate of drug-likeness (QED) is 0.552. The van der Waals surface area contributed by atoms with E-state index in [4.69, 9.17) is 0 Å². The normalized spacial score (nSPS) is 8.76. The molecule has 1 heterocycles. The molecule has 0 saturated heterocycles. The number of benzene rings is 1. The predicted molar refractivity (Wildman–Crippen MR) is 72.3 cm³/mol. The van der Waals surface area contributed by atoms with Crippen molar-refractivity contribution in [1.82, 2.24) is 4.57 Å². The van der Waals surface area contributed by atoms with Gasteiger partial charge < -0.3 is 4.57 Å². The van der Waals surface area contributed by atoms with Crippen LogP contribution in [0, 0.1) is 10.1 Å². The van der Waals surface area contributed by atoms with E-state index >= 15 is 0 Å². The molecule has 0 atom stereocenters. The fourth-order valence-electron chi connectivity index (χ4n) is 1.45. The number of nitrogens with zero attached hydrogens (tertiary/aromatic N) is 2. The Balaban J connectivity index is 0.000000581. The van der Waals surface area contributed by atoms with Gasteiger partial charge in [-0.1, -0.05) is 33.8 Å². The molecule has 0 saturated carbocycles. The molecule has 4 nitrogen and oxygen atoms in total. The SMILES string of the molecule is CC.CC.Cn1ccc2c([N+](=O)[O-])cccc21. The smallest absolute Gasteiger partial charge is 0.278 e. The van der Waals surface area contributed by atoms with Crippen molar-refractivity contribution in [2.75, 3.05) is 0 Å². The van der Waals surface area contributed by atoms with Crippen LogP contribution in [0.4, 0.5) is 5.69 Å². The van der Waals surface area contributed by atoms with Crippen LogP contribution in [0.25, 0.3) is 10.9 Å². The van der Waals surface area contributed by atoms with Gasteiger partial charge in [0.15, 0.2) is 0 Å². The van der Waals surface area contributed by atoms with Gasteiger partial charge in [-0.2, -0.15) is 0 Å². The van der Waals surface area contributed by atoms with Crippen molar-refractivity contribution in [3.8, 4) is 0 Å². The van der Waals surface area contributed by atoms with Crippen LogP contribution in [0.5, 0.6) is 0 Å². The topological polar surface area (TPSA) is 48.1 Å². The van der Waals surface area contributed by atoms with Crippen LogP contribution >= 0.6 is 0 Å². The second kappa shape index (κ2) is 7.44. The highest BCUT2D eigenvalue weighted by molar-refractivity contribution is 5.88. The maximum Gasteiger partial charge on any atom is 0.278 e. The molecule has 0 bridgehead atoms. The number of hydrogen-bond acceptors (Lipinski definition) is 2. The third kappa shape index (κ3) is 3.31. The zero-order chi connectivity index (χ0) is 13.4. The van der Waals surface area contributed by atoms with Gasteiger partial charge in [-0.05, 0) is 12.1 Å². The van der Waals surface area contributed by atoms with Crippen molar-refractivity contribution in [3.05, 3.63) is 40.6 Å². The number of rotatable bonds is 1. The number of aromatic nitrogens is 1. The molecule has 0 radical (unpaired) electrons. The van der Waals surface area contributed by atoms with Crippen molar-refractivity contribution in [1.29, 1.82) is 0 Å². The summed E-state index contributed by atoms with van der Waals surface area (Å²) >= 11 is 0. The summed E-state index contributed by atoms with van der Waals surface area (Å²) in [5.41, 5.74) is 1.05. The molecule has 0 spiro atoms. The maximum absolute atomic E-state index is 10.6. The van der Waals surface area contributed by atoms with Crippen LogP contribution in [0.2, 0.25) is 0 Å². The molecule has 0 aliphatic carbocycles. The minimum absolute atomic E-state index is 0.165. The zero-order valence-electron chi connectivity index (χ0n) is 11.1.